The molecule has 1 aromatic rings. The summed E-state index contributed by atoms with van der Waals surface area (Å²) in [6.07, 6.45) is -4.93. The Labute approximate surface area is 155 Å². The number of nitrogens with zero attached hydrogens (tertiary/aromatic N) is 2. The van der Waals surface area contributed by atoms with Crippen LogP contribution >= 0.6 is 0 Å². The van der Waals surface area contributed by atoms with Gasteiger partial charge < -0.3 is 9.80 Å². The van der Waals surface area contributed by atoms with Gasteiger partial charge in [0, 0.05) is 24.2 Å². The first-order valence-corrected chi connectivity index (χ1v) is 9.11. The number of carbonyl (C=O) groups excluding carboxylic acids is 1. The maximum atomic E-state index is 13.4. The summed E-state index contributed by atoms with van der Waals surface area (Å²) in [6.45, 7) is 15.3. The van der Waals surface area contributed by atoms with Crippen LogP contribution in [0.15, 0.2) is 18.2 Å². The van der Waals surface area contributed by atoms with Crippen molar-refractivity contribution in [1.82, 2.24) is 0 Å². The molecule has 0 spiro atoms. The topological polar surface area (TPSA) is 23.6 Å². The molecule has 0 saturated carbocycles. The van der Waals surface area contributed by atoms with Crippen molar-refractivity contribution in [2.45, 2.75) is 85.7 Å². The number of benzene rings is 1. The fourth-order valence-corrected chi connectivity index (χ4v) is 3.64. The van der Waals surface area contributed by atoms with E-state index in [0.717, 1.165) is 0 Å². The van der Waals surface area contributed by atoms with Crippen LogP contribution in [0.2, 0.25) is 0 Å². The average Bonchev–Trinajstić information content (AvgIpc) is 2.44. The summed E-state index contributed by atoms with van der Waals surface area (Å²) in [5.41, 5.74) is 0.409. The van der Waals surface area contributed by atoms with Gasteiger partial charge in [-0.3, -0.25) is 4.79 Å². The van der Waals surface area contributed by atoms with Crippen molar-refractivity contribution in [3.05, 3.63) is 23.8 Å². The van der Waals surface area contributed by atoms with Gasteiger partial charge in [0.25, 0.3) is 5.78 Å². The molecule has 26 heavy (non-hydrogen) atoms. The van der Waals surface area contributed by atoms with Crippen LogP contribution in [0.1, 0.15) is 65.7 Å². The molecule has 3 nitrogen and oxygen atoms in total. The number of hydrogen-bond donors (Lipinski definition) is 0. The minimum atomic E-state index is -4.93. The number of alkyl halides is 3. The number of carbonyl (C=O) groups is 1. The molecule has 0 aliphatic heterocycles. The van der Waals surface area contributed by atoms with Crippen LogP contribution in [-0.2, 0) is 0 Å². The number of hydrogen-bond acceptors (Lipinski definition) is 3. The average molecular weight is 372 g/mol. The highest BCUT2D eigenvalue weighted by Crippen LogP contribution is 2.38. The highest BCUT2D eigenvalue weighted by Gasteiger charge is 2.43. The second kappa shape index (κ2) is 8.31. The normalized spacial score (nSPS) is 12.4. The minimum absolute atomic E-state index is 0.0448. The Morgan fingerprint density at radius 1 is 0.769 bits per heavy atom. The van der Waals surface area contributed by atoms with Crippen LogP contribution in [0.25, 0.3) is 0 Å². The minimum Gasteiger partial charge on any atom is -0.366 e. The monoisotopic (exact) mass is 372 g/mol. The molecular formula is C20H31F3N2O. The Kier molecular flexibility index (Phi) is 7.14. The molecule has 0 amide bonds. The van der Waals surface area contributed by atoms with E-state index in [9.17, 15) is 18.0 Å². The number of ketones is 1. The van der Waals surface area contributed by atoms with Gasteiger partial charge in [-0.15, -0.1) is 0 Å². The van der Waals surface area contributed by atoms with E-state index in [1.54, 1.807) is 18.2 Å². The quantitative estimate of drug-likeness (QED) is 0.576. The van der Waals surface area contributed by atoms with Crippen LogP contribution in [-0.4, -0.2) is 36.1 Å². The molecule has 1 rings (SSSR count). The summed E-state index contributed by atoms with van der Waals surface area (Å²) >= 11 is 0. The van der Waals surface area contributed by atoms with Crippen LogP contribution in [0.3, 0.4) is 0 Å². The molecule has 1 aromatic carbocycles. The lowest BCUT2D eigenvalue weighted by atomic mass is 9.99. The molecular weight excluding hydrogens is 341 g/mol. The van der Waals surface area contributed by atoms with Crippen molar-refractivity contribution in [1.29, 1.82) is 0 Å². The zero-order valence-corrected chi connectivity index (χ0v) is 17.0. The summed E-state index contributed by atoms with van der Waals surface area (Å²) in [6, 6.07) is 4.77. The van der Waals surface area contributed by atoms with E-state index in [1.165, 1.54) is 0 Å². The zero-order chi connectivity index (χ0) is 20.4. The first-order valence-electron chi connectivity index (χ1n) is 9.11. The maximum absolute atomic E-state index is 13.4. The predicted octanol–water partition coefficient (Wildman–Crippen LogP) is 5.68. The number of rotatable bonds is 7. The Hall–Kier alpha value is -1.72. The van der Waals surface area contributed by atoms with Gasteiger partial charge in [-0.25, -0.2) is 0 Å². The third-order valence-electron chi connectivity index (χ3n) is 4.29. The van der Waals surface area contributed by atoms with Crippen molar-refractivity contribution in [3.63, 3.8) is 0 Å². The van der Waals surface area contributed by atoms with Gasteiger partial charge in [0.15, 0.2) is 0 Å². The van der Waals surface area contributed by atoms with E-state index >= 15 is 0 Å². The van der Waals surface area contributed by atoms with E-state index in [2.05, 4.69) is 0 Å². The molecule has 0 aliphatic carbocycles. The van der Waals surface area contributed by atoms with Gasteiger partial charge in [-0.2, -0.15) is 13.2 Å². The second-order valence-electron chi connectivity index (χ2n) is 7.69. The summed E-state index contributed by atoms with van der Waals surface area (Å²) in [7, 11) is 0. The summed E-state index contributed by atoms with van der Waals surface area (Å²) in [5.74, 6) is -1.79. The standard InChI is InChI=1S/C20H31F3N2O/c1-12(2)24(13(3)4)16-10-9-11-17(25(14(5)6)15(7)8)18(16)19(26)20(21,22)23/h9-15H,1-8H3. The summed E-state index contributed by atoms with van der Waals surface area (Å²) in [4.78, 5) is 16.2. The lowest BCUT2D eigenvalue weighted by Gasteiger charge is -2.39. The molecule has 0 bridgehead atoms. The molecule has 0 atom stereocenters. The Balaban J connectivity index is 3.83. The first kappa shape index (κ1) is 22.3. The largest absolute Gasteiger partial charge is 0.455 e. The lowest BCUT2D eigenvalue weighted by molar-refractivity contribution is -0.0884. The first-order chi connectivity index (χ1) is 11.8. The third kappa shape index (κ3) is 4.71. The van der Waals surface area contributed by atoms with Crippen LogP contribution in [0.5, 0.6) is 0 Å². The Morgan fingerprint density at radius 3 is 1.31 bits per heavy atom. The van der Waals surface area contributed by atoms with Gasteiger partial charge >= 0.3 is 6.18 Å². The second-order valence-corrected chi connectivity index (χ2v) is 7.69. The van der Waals surface area contributed by atoms with Gasteiger partial charge in [0.2, 0.25) is 0 Å². The molecule has 0 radical (unpaired) electrons. The molecule has 0 aliphatic rings. The molecule has 0 heterocycles. The lowest BCUT2D eigenvalue weighted by Crippen LogP contribution is -2.42. The molecule has 148 valence electrons. The Morgan fingerprint density at radius 2 is 1.08 bits per heavy atom. The van der Waals surface area contributed by atoms with Crippen LogP contribution in [0, 0.1) is 0 Å². The number of anilines is 2. The molecule has 0 unspecified atom stereocenters. The van der Waals surface area contributed by atoms with E-state index < -0.39 is 12.0 Å². The maximum Gasteiger partial charge on any atom is 0.455 e. The number of Topliss-reactive ketones (excluding diaryl/α,β-unsaturated/α-hetero) is 1. The fraction of sp³-hybridized carbons (Fsp3) is 0.650. The Bertz CT molecular complexity index is 568. The van der Waals surface area contributed by atoms with E-state index in [1.807, 2.05) is 65.2 Å². The molecule has 0 fully saturated rings. The SMILES string of the molecule is CC(C)N(c1cccc(N(C(C)C)C(C)C)c1C(=O)C(F)(F)F)C(C)C. The van der Waals surface area contributed by atoms with Crippen molar-refractivity contribution < 1.29 is 18.0 Å². The van der Waals surface area contributed by atoms with Gasteiger partial charge in [-0.05, 0) is 67.5 Å². The highest BCUT2D eigenvalue weighted by atomic mass is 19.4. The fourth-order valence-electron chi connectivity index (χ4n) is 3.64. The number of halogens is 3. The van der Waals surface area contributed by atoms with Gasteiger partial charge in [0.1, 0.15) is 0 Å². The van der Waals surface area contributed by atoms with Crippen LogP contribution in [0.4, 0.5) is 24.5 Å². The summed E-state index contributed by atoms with van der Waals surface area (Å²) in [5, 5.41) is 0. The molecule has 6 heteroatoms. The highest BCUT2D eigenvalue weighted by molar-refractivity contribution is 6.09. The van der Waals surface area contributed by atoms with E-state index in [0.29, 0.717) is 11.4 Å². The van der Waals surface area contributed by atoms with Gasteiger partial charge in [-0.1, -0.05) is 6.07 Å². The van der Waals surface area contributed by atoms with Gasteiger partial charge in [0.05, 0.1) is 16.9 Å². The van der Waals surface area contributed by atoms with Crippen molar-refractivity contribution in [2.75, 3.05) is 9.80 Å². The predicted molar refractivity (Wildman–Crippen MR) is 102 cm³/mol. The smallest absolute Gasteiger partial charge is 0.366 e. The molecule has 0 saturated heterocycles. The van der Waals surface area contributed by atoms with Crippen molar-refractivity contribution >= 4 is 17.2 Å². The van der Waals surface area contributed by atoms with E-state index in [-0.39, 0.29) is 29.7 Å². The van der Waals surface area contributed by atoms with Crippen molar-refractivity contribution in [2.24, 2.45) is 0 Å². The van der Waals surface area contributed by atoms with E-state index in [4.69, 9.17) is 0 Å². The van der Waals surface area contributed by atoms with Crippen molar-refractivity contribution in [3.8, 4) is 0 Å². The summed E-state index contributed by atoms with van der Waals surface area (Å²) < 4.78 is 40.3. The van der Waals surface area contributed by atoms with Crippen LogP contribution < -0.4 is 9.80 Å². The molecule has 0 aromatic heterocycles. The molecule has 0 N–H and O–H groups in total. The third-order valence-corrected chi connectivity index (χ3v) is 4.29. The zero-order valence-electron chi connectivity index (χ0n) is 17.0.